The van der Waals surface area contributed by atoms with E-state index in [4.69, 9.17) is 0 Å². The number of amides is 1. The number of nitrogens with one attached hydrogen (secondary N) is 2. The Morgan fingerprint density at radius 3 is 2.65 bits per heavy atom. The van der Waals surface area contributed by atoms with Gasteiger partial charge in [-0.25, -0.2) is 0 Å². The highest BCUT2D eigenvalue weighted by Crippen LogP contribution is 2.32. The van der Waals surface area contributed by atoms with Crippen LogP contribution in [0.25, 0.3) is 0 Å². The average Bonchev–Trinajstić information content (AvgIpc) is 2.49. The molecular weight excluding hydrogens is 316 g/mol. The predicted molar refractivity (Wildman–Crippen MR) is 84.7 cm³/mol. The van der Waals surface area contributed by atoms with Gasteiger partial charge in [0.1, 0.15) is 0 Å². The summed E-state index contributed by atoms with van der Waals surface area (Å²) in [5.41, 5.74) is 0.866. The Hall–Kier alpha value is -0.870. The summed E-state index contributed by atoms with van der Waals surface area (Å²) in [6.07, 6.45) is 7.37. The van der Waals surface area contributed by atoms with E-state index in [1.807, 2.05) is 24.3 Å². The first-order chi connectivity index (χ1) is 9.72. The van der Waals surface area contributed by atoms with Crippen molar-refractivity contribution in [1.29, 1.82) is 0 Å². The molecular formula is C16H21BrN2O. The summed E-state index contributed by atoms with van der Waals surface area (Å²) in [5.74, 6) is 0.900. The van der Waals surface area contributed by atoms with E-state index in [2.05, 4.69) is 26.6 Å². The van der Waals surface area contributed by atoms with Gasteiger partial charge in [-0.3, -0.25) is 4.79 Å². The van der Waals surface area contributed by atoms with Crippen LogP contribution in [0.5, 0.6) is 0 Å². The second kappa shape index (κ2) is 6.27. The van der Waals surface area contributed by atoms with E-state index in [9.17, 15) is 4.79 Å². The van der Waals surface area contributed by atoms with Gasteiger partial charge in [-0.05, 0) is 55.9 Å². The van der Waals surface area contributed by atoms with Crippen molar-refractivity contribution < 1.29 is 4.79 Å². The van der Waals surface area contributed by atoms with E-state index in [1.54, 1.807) is 0 Å². The Morgan fingerprint density at radius 2 is 1.85 bits per heavy atom. The van der Waals surface area contributed by atoms with Crippen LogP contribution in [0, 0.1) is 5.92 Å². The third-order valence-corrected chi connectivity index (χ3v) is 5.11. The van der Waals surface area contributed by atoms with Gasteiger partial charge in [-0.2, -0.15) is 0 Å². The first kappa shape index (κ1) is 14.1. The standard InChI is InChI=1S/C16H21BrN2O/c17-12-6-8-13(9-7-12)18-16(20)15-10-5-11-3-1-2-4-14(11)19-15/h6-9,11,14-15,19H,1-5,10H2,(H,18,20). The predicted octanol–water partition coefficient (Wildman–Crippen LogP) is 3.70. The zero-order valence-corrected chi connectivity index (χ0v) is 13.2. The molecule has 3 unspecified atom stereocenters. The van der Waals surface area contributed by atoms with Crippen molar-refractivity contribution >= 4 is 27.5 Å². The monoisotopic (exact) mass is 336 g/mol. The highest BCUT2D eigenvalue weighted by molar-refractivity contribution is 9.10. The van der Waals surface area contributed by atoms with Gasteiger partial charge in [-0.15, -0.1) is 0 Å². The minimum atomic E-state index is -0.0296. The number of rotatable bonds is 2. The summed E-state index contributed by atoms with van der Waals surface area (Å²) in [4.78, 5) is 12.3. The van der Waals surface area contributed by atoms with Gasteiger partial charge in [0.25, 0.3) is 0 Å². The van der Waals surface area contributed by atoms with Crippen LogP contribution in [0.3, 0.4) is 0 Å². The van der Waals surface area contributed by atoms with E-state index in [0.717, 1.165) is 22.5 Å². The number of carbonyl (C=O) groups excluding carboxylic acids is 1. The van der Waals surface area contributed by atoms with Gasteiger partial charge in [0, 0.05) is 16.2 Å². The molecule has 1 amide bonds. The zero-order valence-electron chi connectivity index (χ0n) is 11.6. The number of carbonyl (C=O) groups is 1. The third-order valence-electron chi connectivity index (χ3n) is 4.58. The summed E-state index contributed by atoms with van der Waals surface area (Å²) in [7, 11) is 0. The fourth-order valence-electron chi connectivity index (χ4n) is 3.46. The van der Waals surface area contributed by atoms with Crippen molar-refractivity contribution in [1.82, 2.24) is 5.32 Å². The number of fused-ring (bicyclic) bond motifs is 1. The third kappa shape index (κ3) is 3.23. The molecule has 1 aromatic carbocycles. The summed E-state index contributed by atoms with van der Waals surface area (Å²) in [6.45, 7) is 0. The molecule has 3 atom stereocenters. The first-order valence-corrected chi connectivity index (χ1v) is 8.34. The molecule has 3 nitrogen and oxygen atoms in total. The van der Waals surface area contributed by atoms with E-state index in [0.29, 0.717) is 6.04 Å². The van der Waals surface area contributed by atoms with Crippen molar-refractivity contribution in [3.05, 3.63) is 28.7 Å². The highest BCUT2D eigenvalue weighted by Gasteiger charge is 2.34. The van der Waals surface area contributed by atoms with Gasteiger partial charge in [0.2, 0.25) is 5.91 Å². The van der Waals surface area contributed by atoms with Crippen LogP contribution >= 0.6 is 15.9 Å². The normalized spacial score (nSPS) is 29.6. The van der Waals surface area contributed by atoms with Crippen LogP contribution in [-0.2, 0) is 4.79 Å². The maximum Gasteiger partial charge on any atom is 0.241 e. The van der Waals surface area contributed by atoms with E-state index in [1.165, 1.54) is 32.1 Å². The molecule has 1 saturated carbocycles. The second-order valence-electron chi connectivity index (χ2n) is 5.94. The fraction of sp³-hybridized carbons (Fsp3) is 0.562. The lowest BCUT2D eigenvalue weighted by molar-refractivity contribution is -0.119. The Labute approximate surface area is 128 Å². The van der Waals surface area contributed by atoms with Crippen LogP contribution in [0.1, 0.15) is 38.5 Å². The second-order valence-corrected chi connectivity index (χ2v) is 6.86. The van der Waals surface area contributed by atoms with Crippen molar-refractivity contribution in [2.45, 2.75) is 50.6 Å². The summed E-state index contributed by atoms with van der Waals surface area (Å²) >= 11 is 3.40. The molecule has 2 fully saturated rings. The van der Waals surface area contributed by atoms with Gasteiger partial charge in [-0.1, -0.05) is 28.8 Å². The molecule has 1 aromatic rings. The van der Waals surface area contributed by atoms with Crippen LogP contribution in [0.2, 0.25) is 0 Å². The Morgan fingerprint density at radius 1 is 1.10 bits per heavy atom. The van der Waals surface area contributed by atoms with Crippen molar-refractivity contribution in [2.75, 3.05) is 5.32 Å². The Balaban J connectivity index is 1.58. The van der Waals surface area contributed by atoms with Crippen LogP contribution in [0.4, 0.5) is 5.69 Å². The largest absolute Gasteiger partial charge is 0.325 e. The Bertz CT molecular complexity index is 474. The summed E-state index contributed by atoms with van der Waals surface area (Å²) in [5, 5.41) is 6.58. The molecule has 1 saturated heterocycles. The van der Waals surface area contributed by atoms with Crippen LogP contribution in [-0.4, -0.2) is 18.0 Å². The SMILES string of the molecule is O=C(Nc1ccc(Br)cc1)C1CCC2CCCCC2N1. The quantitative estimate of drug-likeness (QED) is 0.864. The molecule has 2 N–H and O–H groups in total. The first-order valence-electron chi connectivity index (χ1n) is 7.55. The molecule has 3 rings (SSSR count). The smallest absolute Gasteiger partial charge is 0.241 e. The molecule has 0 bridgehead atoms. The maximum absolute atomic E-state index is 12.3. The maximum atomic E-state index is 12.3. The zero-order chi connectivity index (χ0) is 13.9. The summed E-state index contributed by atoms with van der Waals surface area (Å²) in [6, 6.07) is 8.26. The number of benzene rings is 1. The van der Waals surface area contributed by atoms with Gasteiger partial charge >= 0.3 is 0 Å². The highest BCUT2D eigenvalue weighted by atomic mass is 79.9. The molecule has 108 valence electrons. The van der Waals surface area contributed by atoms with E-state index in [-0.39, 0.29) is 11.9 Å². The molecule has 1 aliphatic carbocycles. The number of hydrogen-bond acceptors (Lipinski definition) is 2. The average molecular weight is 337 g/mol. The Kier molecular flexibility index (Phi) is 4.41. The van der Waals surface area contributed by atoms with Crippen LogP contribution < -0.4 is 10.6 Å². The van der Waals surface area contributed by atoms with Gasteiger partial charge in [0.05, 0.1) is 6.04 Å². The molecule has 0 aromatic heterocycles. The van der Waals surface area contributed by atoms with Gasteiger partial charge < -0.3 is 10.6 Å². The molecule has 1 heterocycles. The van der Waals surface area contributed by atoms with Crippen molar-refractivity contribution in [3.8, 4) is 0 Å². The lowest BCUT2D eigenvalue weighted by Crippen LogP contribution is -2.53. The topological polar surface area (TPSA) is 41.1 Å². The van der Waals surface area contributed by atoms with Crippen molar-refractivity contribution in [2.24, 2.45) is 5.92 Å². The van der Waals surface area contributed by atoms with Gasteiger partial charge in [0.15, 0.2) is 0 Å². The lowest BCUT2D eigenvalue weighted by Gasteiger charge is -2.39. The number of piperidine rings is 1. The number of halogens is 1. The minimum Gasteiger partial charge on any atom is -0.325 e. The minimum absolute atomic E-state index is 0.0296. The summed E-state index contributed by atoms with van der Waals surface area (Å²) < 4.78 is 1.02. The molecule has 2 aliphatic rings. The van der Waals surface area contributed by atoms with Crippen LogP contribution in [0.15, 0.2) is 28.7 Å². The molecule has 0 radical (unpaired) electrons. The van der Waals surface area contributed by atoms with Crippen molar-refractivity contribution in [3.63, 3.8) is 0 Å². The molecule has 1 aliphatic heterocycles. The lowest BCUT2D eigenvalue weighted by atomic mass is 9.77. The molecule has 0 spiro atoms. The van der Waals surface area contributed by atoms with E-state index >= 15 is 0 Å². The molecule has 20 heavy (non-hydrogen) atoms. The fourth-order valence-corrected chi connectivity index (χ4v) is 3.73. The number of hydrogen-bond donors (Lipinski definition) is 2. The number of anilines is 1. The molecule has 4 heteroatoms. The van der Waals surface area contributed by atoms with E-state index < -0.39 is 0 Å².